The quantitative estimate of drug-likeness (QED) is 0.429. The maximum Gasteiger partial charge on any atom is 0.308 e. The molecule has 0 aromatic rings. The first kappa shape index (κ1) is 14.5. The van der Waals surface area contributed by atoms with Gasteiger partial charge in [0.1, 0.15) is 0 Å². The zero-order valence-corrected chi connectivity index (χ0v) is 10.6. The number of ether oxygens (including phenoxy) is 1. The molecular weight excluding hydrogens is 188 g/mol. The summed E-state index contributed by atoms with van der Waals surface area (Å²) in [5.74, 6) is 0.131. The van der Waals surface area contributed by atoms with Crippen LogP contribution in [-0.4, -0.2) is 13.1 Å². The Morgan fingerprint density at radius 2 is 1.60 bits per heavy atom. The fourth-order valence-electron chi connectivity index (χ4n) is 1.81. The van der Waals surface area contributed by atoms with E-state index in [1.807, 2.05) is 0 Å². The molecule has 0 aromatic heterocycles. The molecule has 0 spiro atoms. The molecule has 0 fully saturated rings. The van der Waals surface area contributed by atoms with Gasteiger partial charge in [0.25, 0.3) is 0 Å². The Hall–Kier alpha value is -0.530. The van der Waals surface area contributed by atoms with Crippen LogP contribution in [0.3, 0.4) is 0 Å². The van der Waals surface area contributed by atoms with Crippen LogP contribution in [0.15, 0.2) is 0 Å². The molecule has 0 amide bonds. The molecule has 0 N–H and O–H groups in total. The highest BCUT2D eigenvalue weighted by atomic mass is 16.5. The number of hydrogen-bond donors (Lipinski definition) is 0. The lowest BCUT2D eigenvalue weighted by molar-refractivity contribution is -0.146. The second-order valence-corrected chi connectivity index (χ2v) is 4.21. The summed E-state index contributed by atoms with van der Waals surface area (Å²) in [6, 6.07) is 0. The summed E-state index contributed by atoms with van der Waals surface area (Å²) < 4.78 is 4.83. The first-order valence-electron chi connectivity index (χ1n) is 6.34. The van der Waals surface area contributed by atoms with Gasteiger partial charge in [-0.3, -0.25) is 4.79 Å². The van der Waals surface area contributed by atoms with Crippen molar-refractivity contribution in [3.63, 3.8) is 0 Å². The Morgan fingerprint density at radius 3 is 2.13 bits per heavy atom. The summed E-state index contributed by atoms with van der Waals surface area (Å²) in [5.41, 5.74) is 0. The first-order valence-corrected chi connectivity index (χ1v) is 6.34. The fourth-order valence-corrected chi connectivity index (χ4v) is 1.81. The van der Waals surface area contributed by atoms with E-state index in [1.165, 1.54) is 26.4 Å². The van der Waals surface area contributed by atoms with Crippen molar-refractivity contribution in [3.8, 4) is 0 Å². The standard InChI is InChI=1S/C13H26O2/c1-4-6-8-9-11-12(10-7-5-2)13(14)15-3/h12H,4-11H2,1-3H3. The molecule has 0 bridgehead atoms. The molecule has 2 nitrogen and oxygen atoms in total. The molecule has 0 heterocycles. The van der Waals surface area contributed by atoms with Crippen LogP contribution in [0.5, 0.6) is 0 Å². The van der Waals surface area contributed by atoms with Gasteiger partial charge in [0.15, 0.2) is 0 Å². The van der Waals surface area contributed by atoms with Crippen LogP contribution >= 0.6 is 0 Å². The topological polar surface area (TPSA) is 26.3 Å². The smallest absolute Gasteiger partial charge is 0.308 e. The summed E-state index contributed by atoms with van der Waals surface area (Å²) in [4.78, 5) is 11.5. The van der Waals surface area contributed by atoms with E-state index in [2.05, 4.69) is 13.8 Å². The maximum absolute atomic E-state index is 11.5. The van der Waals surface area contributed by atoms with E-state index in [9.17, 15) is 4.79 Å². The van der Waals surface area contributed by atoms with Gasteiger partial charge in [-0.05, 0) is 12.8 Å². The Bertz CT molecular complexity index is 155. The van der Waals surface area contributed by atoms with E-state index < -0.39 is 0 Å². The zero-order chi connectivity index (χ0) is 11.5. The highest BCUT2D eigenvalue weighted by molar-refractivity contribution is 5.72. The number of methoxy groups -OCH3 is 1. The zero-order valence-electron chi connectivity index (χ0n) is 10.6. The number of carbonyl (C=O) groups is 1. The number of unbranched alkanes of at least 4 members (excludes halogenated alkanes) is 4. The number of hydrogen-bond acceptors (Lipinski definition) is 2. The van der Waals surface area contributed by atoms with Crippen LogP contribution in [0, 0.1) is 5.92 Å². The summed E-state index contributed by atoms with van der Waals surface area (Å²) in [6.45, 7) is 4.36. The third-order valence-electron chi connectivity index (χ3n) is 2.85. The molecule has 0 aliphatic carbocycles. The molecule has 0 aromatic carbocycles. The minimum atomic E-state index is -0.0139. The van der Waals surface area contributed by atoms with E-state index >= 15 is 0 Å². The van der Waals surface area contributed by atoms with Gasteiger partial charge < -0.3 is 4.74 Å². The third kappa shape index (κ3) is 7.40. The van der Waals surface area contributed by atoms with Gasteiger partial charge in [-0.2, -0.15) is 0 Å². The second-order valence-electron chi connectivity index (χ2n) is 4.21. The molecule has 1 unspecified atom stereocenters. The lowest BCUT2D eigenvalue weighted by Gasteiger charge is -2.13. The maximum atomic E-state index is 11.5. The molecule has 2 heteroatoms. The lowest BCUT2D eigenvalue weighted by atomic mass is 9.95. The van der Waals surface area contributed by atoms with Crippen LogP contribution in [0.4, 0.5) is 0 Å². The number of rotatable bonds is 9. The van der Waals surface area contributed by atoms with Gasteiger partial charge in [0.2, 0.25) is 0 Å². The lowest BCUT2D eigenvalue weighted by Crippen LogP contribution is -2.16. The third-order valence-corrected chi connectivity index (χ3v) is 2.85. The van der Waals surface area contributed by atoms with Gasteiger partial charge in [0.05, 0.1) is 13.0 Å². The van der Waals surface area contributed by atoms with E-state index in [1.54, 1.807) is 0 Å². The number of carbonyl (C=O) groups excluding carboxylic acids is 1. The van der Waals surface area contributed by atoms with Gasteiger partial charge in [-0.15, -0.1) is 0 Å². The normalized spacial score (nSPS) is 12.5. The van der Waals surface area contributed by atoms with Crippen molar-refractivity contribution in [1.29, 1.82) is 0 Å². The average molecular weight is 214 g/mol. The van der Waals surface area contributed by atoms with Crippen molar-refractivity contribution in [2.45, 2.75) is 65.2 Å². The Labute approximate surface area is 94.4 Å². The summed E-state index contributed by atoms with van der Waals surface area (Å²) in [5, 5.41) is 0. The van der Waals surface area contributed by atoms with Crippen molar-refractivity contribution >= 4 is 5.97 Å². The molecular formula is C13H26O2. The highest BCUT2D eigenvalue weighted by Gasteiger charge is 2.17. The SMILES string of the molecule is CCCCCCC(CCCC)C(=O)OC. The van der Waals surface area contributed by atoms with Gasteiger partial charge in [-0.25, -0.2) is 0 Å². The average Bonchev–Trinajstić information content (AvgIpc) is 2.27. The summed E-state index contributed by atoms with van der Waals surface area (Å²) in [6.07, 6.45) is 9.23. The Morgan fingerprint density at radius 1 is 1.00 bits per heavy atom. The molecule has 0 aliphatic heterocycles. The predicted octanol–water partition coefficient (Wildman–Crippen LogP) is 3.94. The molecule has 0 radical (unpaired) electrons. The minimum Gasteiger partial charge on any atom is -0.469 e. The monoisotopic (exact) mass is 214 g/mol. The molecule has 0 aliphatic rings. The number of esters is 1. The van der Waals surface area contributed by atoms with E-state index in [0.29, 0.717) is 0 Å². The van der Waals surface area contributed by atoms with Crippen LogP contribution in [0.2, 0.25) is 0 Å². The van der Waals surface area contributed by atoms with E-state index in [0.717, 1.165) is 32.1 Å². The molecule has 90 valence electrons. The van der Waals surface area contributed by atoms with Crippen molar-refractivity contribution in [1.82, 2.24) is 0 Å². The minimum absolute atomic E-state index is 0.0139. The van der Waals surface area contributed by atoms with E-state index in [-0.39, 0.29) is 11.9 Å². The van der Waals surface area contributed by atoms with Crippen LogP contribution in [0.1, 0.15) is 65.2 Å². The highest BCUT2D eigenvalue weighted by Crippen LogP contribution is 2.18. The van der Waals surface area contributed by atoms with Crippen LogP contribution < -0.4 is 0 Å². The van der Waals surface area contributed by atoms with Crippen LogP contribution in [-0.2, 0) is 9.53 Å². The van der Waals surface area contributed by atoms with Crippen LogP contribution in [0.25, 0.3) is 0 Å². The molecule has 0 rings (SSSR count). The molecule has 0 saturated heterocycles. The second kappa shape index (κ2) is 10.0. The van der Waals surface area contributed by atoms with E-state index in [4.69, 9.17) is 4.74 Å². The first-order chi connectivity index (χ1) is 7.26. The van der Waals surface area contributed by atoms with Gasteiger partial charge in [-0.1, -0.05) is 52.4 Å². The largest absolute Gasteiger partial charge is 0.469 e. The molecule has 15 heavy (non-hydrogen) atoms. The fraction of sp³-hybridized carbons (Fsp3) is 0.923. The van der Waals surface area contributed by atoms with Gasteiger partial charge >= 0.3 is 5.97 Å². The Kier molecular flexibility index (Phi) is 9.65. The van der Waals surface area contributed by atoms with Crippen molar-refractivity contribution in [3.05, 3.63) is 0 Å². The Balaban J connectivity index is 3.74. The van der Waals surface area contributed by atoms with Crippen molar-refractivity contribution in [2.24, 2.45) is 5.92 Å². The molecule has 0 saturated carbocycles. The molecule has 1 atom stereocenters. The predicted molar refractivity (Wildman–Crippen MR) is 63.8 cm³/mol. The van der Waals surface area contributed by atoms with Crippen molar-refractivity contribution in [2.75, 3.05) is 7.11 Å². The van der Waals surface area contributed by atoms with Crippen molar-refractivity contribution < 1.29 is 9.53 Å². The van der Waals surface area contributed by atoms with Gasteiger partial charge in [0, 0.05) is 0 Å². The summed E-state index contributed by atoms with van der Waals surface area (Å²) in [7, 11) is 1.49. The summed E-state index contributed by atoms with van der Waals surface area (Å²) >= 11 is 0.